The van der Waals surface area contributed by atoms with Gasteiger partial charge < -0.3 is 30.2 Å². The van der Waals surface area contributed by atoms with E-state index in [9.17, 15) is 9.59 Å². The smallest absolute Gasteiger partial charge is 0.330 e. The van der Waals surface area contributed by atoms with Crippen LogP contribution in [0.2, 0.25) is 0 Å². The van der Waals surface area contributed by atoms with Gasteiger partial charge in [-0.05, 0) is 63.5 Å². The Bertz CT molecular complexity index is 1740. The van der Waals surface area contributed by atoms with Gasteiger partial charge in [0.25, 0.3) is 0 Å². The van der Waals surface area contributed by atoms with Crippen molar-refractivity contribution in [2.75, 3.05) is 80.8 Å². The maximum atomic E-state index is 14.4. The highest BCUT2D eigenvalue weighted by Crippen LogP contribution is 2.34. The van der Waals surface area contributed by atoms with Gasteiger partial charge in [-0.2, -0.15) is 4.98 Å². The first kappa shape index (κ1) is 32.6. The highest BCUT2D eigenvalue weighted by molar-refractivity contribution is 6.02. The zero-order valence-electron chi connectivity index (χ0n) is 27.7. The molecule has 0 aliphatic carbocycles. The minimum atomic E-state index is -0.247. The molecule has 1 saturated heterocycles. The van der Waals surface area contributed by atoms with Crippen LogP contribution < -0.4 is 20.4 Å². The molecule has 3 amide bonds. The fourth-order valence-corrected chi connectivity index (χ4v) is 5.68. The number of pyridine rings is 1. The third-order valence-corrected chi connectivity index (χ3v) is 8.33. The van der Waals surface area contributed by atoms with Gasteiger partial charge in [0.15, 0.2) is 0 Å². The number of nitrogens with one attached hydrogen (secondary N) is 2. The Hall–Kier alpha value is -5.33. The summed E-state index contributed by atoms with van der Waals surface area (Å²) in [5.41, 5.74) is 3.77. The number of hydrogen-bond acceptors (Lipinski definition) is 9. The highest BCUT2D eigenvalue weighted by atomic mass is 16.2. The maximum Gasteiger partial charge on any atom is 0.330 e. The van der Waals surface area contributed by atoms with Gasteiger partial charge in [0.05, 0.1) is 17.6 Å². The zero-order chi connectivity index (χ0) is 33.5. The van der Waals surface area contributed by atoms with Gasteiger partial charge in [-0.3, -0.25) is 4.79 Å². The number of amides is 3. The van der Waals surface area contributed by atoms with Crippen LogP contribution >= 0.6 is 0 Å². The molecule has 6 rings (SSSR count). The predicted octanol–water partition coefficient (Wildman–Crippen LogP) is 4.74. The summed E-state index contributed by atoms with van der Waals surface area (Å²) in [6, 6.07) is 21.0. The third kappa shape index (κ3) is 8.14. The number of anilines is 6. The number of hydrogen-bond donors (Lipinski definition) is 2. The molecule has 4 heterocycles. The molecule has 2 aromatic heterocycles. The molecular weight excluding hydrogens is 604 g/mol. The summed E-state index contributed by atoms with van der Waals surface area (Å²) >= 11 is 0. The van der Waals surface area contributed by atoms with E-state index in [1.165, 1.54) is 6.08 Å². The van der Waals surface area contributed by atoms with E-state index in [-0.39, 0.29) is 11.9 Å². The van der Waals surface area contributed by atoms with Gasteiger partial charge in [0.2, 0.25) is 11.9 Å². The van der Waals surface area contributed by atoms with E-state index in [4.69, 9.17) is 4.98 Å². The van der Waals surface area contributed by atoms with Gasteiger partial charge in [-0.25, -0.2) is 19.7 Å². The van der Waals surface area contributed by atoms with Crippen LogP contribution in [0.15, 0.2) is 91.3 Å². The number of piperazine rings is 1. The van der Waals surface area contributed by atoms with Crippen molar-refractivity contribution in [1.29, 1.82) is 0 Å². The van der Waals surface area contributed by atoms with Crippen LogP contribution in [0.3, 0.4) is 0 Å². The summed E-state index contributed by atoms with van der Waals surface area (Å²) in [4.78, 5) is 51.2. The second kappa shape index (κ2) is 15.1. The molecule has 0 bridgehead atoms. The van der Waals surface area contributed by atoms with Crippen molar-refractivity contribution in [2.45, 2.75) is 13.0 Å². The number of benzene rings is 2. The van der Waals surface area contributed by atoms with Gasteiger partial charge in [0.1, 0.15) is 11.6 Å². The van der Waals surface area contributed by atoms with E-state index < -0.39 is 0 Å². The normalized spacial score (nSPS) is 15.5. The third-order valence-electron chi connectivity index (χ3n) is 8.33. The molecule has 4 aromatic rings. The quantitative estimate of drug-likeness (QED) is 0.236. The average molecular weight is 647 g/mol. The van der Waals surface area contributed by atoms with Crippen LogP contribution in [-0.2, 0) is 17.8 Å². The number of rotatable bonds is 10. The number of likely N-dealkylation sites (N-methyl/N-ethyl adjacent to an activating group) is 2. The number of nitrogens with zero attached hydrogens (tertiary/aromatic N) is 8. The van der Waals surface area contributed by atoms with Crippen molar-refractivity contribution >= 4 is 46.6 Å². The minimum absolute atomic E-state index is 0.213. The Kier molecular flexibility index (Phi) is 10.2. The first-order chi connectivity index (χ1) is 23.3. The van der Waals surface area contributed by atoms with Crippen molar-refractivity contribution in [3.05, 3.63) is 102 Å². The van der Waals surface area contributed by atoms with E-state index >= 15 is 0 Å². The highest BCUT2D eigenvalue weighted by Gasteiger charge is 2.31. The summed E-state index contributed by atoms with van der Waals surface area (Å²) in [6.45, 7) is 5.48. The van der Waals surface area contributed by atoms with Gasteiger partial charge in [-0.1, -0.05) is 42.5 Å². The van der Waals surface area contributed by atoms with Crippen LogP contribution in [-0.4, -0.2) is 102 Å². The number of fused-ring (bicyclic) bond motifs is 1. The van der Waals surface area contributed by atoms with E-state index in [1.54, 1.807) is 35.5 Å². The van der Waals surface area contributed by atoms with Crippen molar-refractivity contribution < 1.29 is 9.59 Å². The molecule has 0 spiro atoms. The van der Waals surface area contributed by atoms with Crippen LogP contribution in [0.5, 0.6) is 0 Å². The average Bonchev–Trinajstić information content (AvgIpc) is 3.21. The number of carbonyl (C=O) groups is 2. The Morgan fingerprint density at radius 2 is 1.73 bits per heavy atom. The predicted molar refractivity (Wildman–Crippen MR) is 190 cm³/mol. The molecule has 0 radical (unpaired) electrons. The van der Waals surface area contributed by atoms with Crippen molar-refractivity contribution in [3.8, 4) is 0 Å². The molecule has 12 nitrogen and oxygen atoms in total. The summed E-state index contributed by atoms with van der Waals surface area (Å²) in [6.07, 6.45) is 7.46. The number of aromatic nitrogens is 3. The van der Waals surface area contributed by atoms with Crippen LogP contribution in [0.4, 0.5) is 39.4 Å². The van der Waals surface area contributed by atoms with Gasteiger partial charge in [0, 0.05) is 69.3 Å². The zero-order valence-corrected chi connectivity index (χ0v) is 27.7. The SMILES string of the molecule is CN(C)C/C=C/C(=O)Nc1cccc(N2C(=O)N(Cc3ccccc3)CCc3cnc(Nc4ccc(N5CCN(C)CC5)nc4)nc32)c1. The summed E-state index contributed by atoms with van der Waals surface area (Å²) < 4.78 is 0. The second-order valence-corrected chi connectivity index (χ2v) is 12.3. The molecular formula is C36H42N10O2. The molecule has 2 aromatic carbocycles. The largest absolute Gasteiger partial charge is 0.354 e. The summed E-state index contributed by atoms with van der Waals surface area (Å²) in [5, 5.41) is 6.20. The lowest BCUT2D eigenvalue weighted by atomic mass is 10.2. The Morgan fingerprint density at radius 1 is 0.917 bits per heavy atom. The van der Waals surface area contributed by atoms with Crippen LogP contribution in [0.25, 0.3) is 0 Å². The lowest BCUT2D eigenvalue weighted by molar-refractivity contribution is -0.111. The van der Waals surface area contributed by atoms with Gasteiger partial charge in [-0.15, -0.1) is 0 Å². The monoisotopic (exact) mass is 646 g/mol. The first-order valence-electron chi connectivity index (χ1n) is 16.2. The van der Waals surface area contributed by atoms with Crippen LogP contribution in [0.1, 0.15) is 11.1 Å². The Balaban J connectivity index is 1.28. The Morgan fingerprint density at radius 3 is 2.48 bits per heavy atom. The second-order valence-electron chi connectivity index (χ2n) is 12.3. The van der Waals surface area contributed by atoms with Crippen molar-refractivity contribution in [3.63, 3.8) is 0 Å². The fourth-order valence-electron chi connectivity index (χ4n) is 5.68. The number of urea groups is 1. The van der Waals surface area contributed by atoms with E-state index in [2.05, 4.69) is 37.4 Å². The molecule has 0 saturated carbocycles. The van der Waals surface area contributed by atoms with Crippen molar-refractivity contribution in [1.82, 2.24) is 29.7 Å². The molecule has 1 fully saturated rings. The van der Waals surface area contributed by atoms with Crippen molar-refractivity contribution in [2.24, 2.45) is 0 Å². The first-order valence-corrected chi connectivity index (χ1v) is 16.2. The van der Waals surface area contributed by atoms with Crippen LogP contribution in [0, 0.1) is 0 Å². The van der Waals surface area contributed by atoms with Gasteiger partial charge >= 0.3 is 6.03 Å². The lowest BCUT2D eigenvalue weighted by Crippen LogP contribution is -2.44. The topological polar surface area (TPSA) is 113 Å². The molecule has 0 atom stereocenters. The summed E-state index contributed by atoms with van der Waals surface area (Å²) in [5.74, 6) is 1.53. The molecule has 2 aliphatic heterocycles. The lowest BCUT2D eigenvalue weighted by Gasteiger charge is -2.33. The Labute approximate surface area is 281 Å². The molecule has 0 unspecified atom stereocenters. The van der Waals surface area contributed by atoms with E-state index in [1.807, 2.05) is 78.5 Å². The maximum absolute atomic E-state index is 14.4. The molecule has 12 heteroatoms. The van der Waals surface area contributed by atoms with E-state index in [0.717, 1.165) is 48.8 Å². The molecule has 48 heavy (non-hydrogen) atoms. The fraction of sp³-hybridized carbons (Fsp3) is 0.306. The molecule has 2 N–H and O–H groups in total. The molecule has 248 valence electrons. The number of carbonyl (C=O) groups excluding carboxylic acids is 2. The minimum Gasteiger partial charge on any atom is -0.354 e. The molecule has 2 aliphatic rings. The summed E-state index contributed by atoms with van der Waals surface area (Å²) in [7, 11) is 6.01. The standard InChI is InChI=1S/C36H42N10O2/c1-42(2)17-8-13-33(47)39-29-11-7-12-31(23-29)46-34-28(16-18-45(36(46)48)26-27-9-5-4-6-10-27)24-38-35(41-34)40-30-14-15-32(37-25-30)44-21-19-43(3)20-22-44/h4-15,23-25H,16-22,26H2,1-3H3,(H,39,47)(H,38,40,41)/b13-8+. The van der Waals surface area contributed by atoms with E-state index in [0.29, 0.717) is 49.2 Å².